The number of aromatic nitrogens is 2. The highest BCUT2D eigenvalue weighted by Crippen LogP contribution is 2.14. The molecular weight excluding hydrogens is 314 g/mol. The van der Waals surface area contributed by atoms with Gasteiger partial charge in [-0.05, 0) is 30.7 Å². The number of aryl methyl sites for hydroxylation is 1. The molecule has 0 bridgehead atoms. The number of sulfonamides is 1. The Labute approximate surface area is 127 Å². The standard InChI is InChI=1S/C13H14ClN3O3S/c14-11-4-1-5-12(10-11)21(19,20)16-8-3-9-17-13(18)6-2-7-15-17/h1-2,4-7,10,16H,3,8-9H2. The van der Waals surface area contributed by atoms with E-state index in [2.05, 4.69) is 9.82 Å². The molecule has 6 nitrogen and oxygen atoms in total. The number of halogens is 1. The number of nitrogens with one attached hydrogen (secondary N) is 1. The molecule has 0 fully saturated rings. The summed E-state index contributed by atoms with van der Waals surface area (Å²) in [7, 11) is -3.59. The van der Waals surface area contributed by atoms with E-state index in [1.54, 1.807) is 18.2 Å². The third-order valence-electron chi connectivity index (χ3n) is 2.73. The molecule has 0 unspecified atom stereocenters. The first-order chi connectivity index (χ1) is 9.99. The minimum absolute atomic E-state index is 0.116. The van der Waals surface area contributed by atoms with Gasteiger partial charge in [0.25, 0.3) is 5.56 Å². The lowest BCUT2D eigenvalue weighted by Gasteiger charge is -2.07. The smallest absolute Gasteiger partial charge is 0.266 e. The Balaban J connectivity index is 1.91. The van der Waals surface area contributed by atoms with Gasteiger partial charge in [-0.15, -0.1) is 0 Å². The van der Waals surface area contributed by atoms with E-state index in [1.807, 2.05) is 0 Å². The van der Waals surface area contributed by atoms with E-state index < -0.39 is 10.0 Å². The summed E-state index contributed by atoms with van der Waals surface area (Å²) in [5.41, 5.74) is -0.213. The van der Waals surface area contributed by atoms with E-state index in [0.29, 0.717) is 18.0 Å². The molecule has 0 radical (unpaired) electrons. The van der Waals surface area contributed by atoms with Crippen molar-refractivity contribution in [1.29, 1.82) is 0 Å². The lowest BCUT2D eigenvalue weighted by atomic mass is 10.4. The van der Waals surface area contributed by atoms with Gasteiger partial charge in [0.1, 0.15) is 0 Å². The summed E-state index contributed by atoms with van der Waals surface area (Å²) in [4.78, 5) is 11.5. The molecule has 0 aliphatic rings. The van der Waals surface area contributed by atoms with Crippen molar-refractivity contribution >= 4 is 21.6 Å². The molecule has 112 valence electrons. The first kappa shape index (κ1) is 15.7. The quantitative estimate of drug-likeness (QED) is 0.810. The van der Waals surface area contributed by atoms with Crippen LogP contribution in [0.1, 0.15) is 6.42 Å². The van der Waals surface area contributed by atoms with Gasteiger partial charge in [-0.3, -0.25) is 4.79 Å². The van der Waals surface area contributed by atoms with Crippen molar-refractivity contribution in [3.05, 3.63) is 58.0 Å². The Kier molecular flexibility index (Phi) is 5.11. The lowest BCUT2D eigenvalue weighted by molar-refractivity contribution is 0.535. The zero-order valence-electron chi connectivity index (χ0n) is 11.1. The van der Waals surface area contributed by atoms with Gasteiger partial charge in [0, 0.05) is 30.4 Å². The highest BCUT2D eigenvalue weighted by atomic mass is 35.5. The van der Waals surface area contributed by atoms with Crippen LogP contribution in [-0.4, -0.2) is 24.7 Å². The first-order valence-corrected chi connectivity index (χ1v) is 8.12. The fourth-order valence-corrected chi connectivity index (χ4v) is 3.08. The highest BCUT2D eigenvalue weighted by molar-refractivity contribution is 7.89. The second-order valence-electron chi connectivity index (χ2n) is 4.29. The van der Waals surface area contributed by atoms with Gasteiger partial charge in [-0.25, -0.2) is 17.8 Å². The Bertz CT molecular complexity index is 774. The first-order valence-electron chi connectivity index (χ1n) is 6.26. The van der Waals surface area contributed by atoms with E-state index in [9.17, 15) is 13.2 Å². The van der Waals surface area contributed by atoms with Gasteiger partial charge in [-0.1, -0.05) is 17.7 Å². The van der Waals surface area contributed by atoms with Crippen molar-refractivity contribution in [2.45, 2.75) is 17.9 Å². The van der Waals surface area contributed by atoms with E-state index >= 15 is 0 Å². The van der Waals surface area contributed by atoms with Gasteiger partial charge >= 0.3 is 0 Å². The van der Waals surface area contributed by atoms with Crippen LogP contribution >= 0.6 is 11.6 Å². The summed E-state index contributed by atoms with van der Waals surface area (Å²) in [6.45, 7) is 0.551. The van der Waals surface area contributed by atoms with Crippen molar-refractivity contribution in [2.24, 2.45) is 0 Å². The number of hydrogen-bond donors (Lipinski definition) is 1. The van der Waals surface area contributed by atoms with Crippen molar-refractivity contribution in [2.75, 3.05) is 6.54 Å². The highest BCUT2D eigenvalue weighted by Gasteiger charge is 2.13. The average Bonchev–Trinajstić information content (AvgIpc) is 2.45. The van der Waals surface area contributed by atoms with Crippen LogP contribution in [0, 0.1) is 0 Å². The molecule has 0 amide bonds. The van der Waals surface area contributed by atoms with Gasteiger partial charge in [-0.2, -0.15) is 5.10 Å². The van der Waals surface area contributed by atoms with Gasteiger partial charge < -0.3 is 0 Å². The Hall–Kier alpha value is -1.70. The predicted molar refractivity (Wildman–Crippen MR) is 79.8 cm³/mol. The maximum absolute atomic E-state index is 12.0. The Morgan fingerprint density at radius 1 is 1.24 bits per heavy atom. The minimum atomic E-state index is -3.59. The number of nitrogens with zero attached hydrogens (tertiary/aromatic N) is 2. The van der Waals surface area contributed by atoms with Crippen molar-refractivity contribution in [3.63, 3.8) is 0 Å². The van der Waals surface area contributed by atoms with Crippen molar-refractivity contribution in [1.82, 2.24) is 14.5 Å². The fraction of sp³-hybridized carbons (Fsp3) is 0.231. The molecule has 0 saturated carbocycles. The largest absolute Gasteiger partial charge is 0.268 e. The minimum Gasteiger partial charge on any atom is -0.268 e. The molecule has 21 heavy (non-hydrogen) atoms. The van der Waals surface area contributed by atoms with Gasteiger partial charge in [0.05, 0.1) is 4.90 Å². The molecule has 8 heteroatoms. The maximum atomic E-state index is 12.0. The van der Waals surface area contributed by atoms with Crippen LogP contribution in [0.25, 0.3) is 0 Å². The second kappa shape index (κ2) is 6.84. The summed E-state index contributed by atoms with van der Waals surface area (Å²) >= 11 is 5.77. The van der Waals surface area contributed by atoms with E-state index in [1.165, 1.54) is 29.1 Å². The van der Waals surface area contributed by atoms with Crippen LogP contribution in [0.3, 0.4) is 0 Å². The van der Waals surface area contributed by atoms with Gasteiger partial charge in [0.15, 0.2) is 0 Å². The van der Waals surface area contributed by atoms with Crippen LogP contribution in [0.15, 0.2) is 52.3 Å². The summed E-state index contributed by atoms with van der Waals surface area (Å²) < 4.78 is 27.8. The summed E-state index contributed by atoms with van der Waals surface area (Å²) in [5.74, 6) is 0. The van der Waals surface area contributed by atoms with Gasteiger partial charge in [0.2, 0.25) is 10.0 Å². The number of rotatable bonds is 6. The number of hydrogen-bond acceptors (Lipinski definition) is 4. The lowest BCUT2D eigenvalue weighted by Crippen LogP contribution is -2.27. The molecule has 1 aromatic carbocycles. The van der Waals surface area contributed by atoms with Crippen LogP contribution < -0.4 is 10.3 Å². The van der Waals surface area contributed by atoms with Crippen LogP contribution in [-0.2, 0) is 16.6 Å². The van der Waals surface area contributed by atoms with E-state index in [4.69, 9.17) is 11.6 Å². The second-order valence-corrected chi connectivity index (χ2v) is 6.50. The third kappa shape index (κ3) is 4.38. The van der Waals surface area contributed by atoms with Crippen LogP contribution in [0.2, 0.25) is 5.02 Å². The molecule has 0 aliphatic carbocycles. The molecule has 1 heterocycles. The summed E-state index contributed by atoms with van der Waals surface area (Å²) in [6.07, 6.45) is 1.97. The van der Waals surface area contributed by atoms with Crippen LogP contribution in [0.4, 0.5) is 0 Å². The molecule has 0 aliphatic heterocycles. The predicted octanol–water partition coefficient (Wildman–Crippen LogP) is 1.27. The zero-order chi connectivity index (χ0) is 15.3. The molecule has 0 atom stereocenters. The number of benzene rings is 1. The third-order valence-corrected chi connectivity index (χ3v) is 4.42. The topological polar surface area (TPSA) is 81.1 Å². The molecule has 1 N–H and O–H groups in total. The average molecular weight is 328 g/mol. The molecule has 2 rings (SSSR count). The fourth-order valence-electron chi connectivity index (χ4n) is 1.71. The maximum Gasteiger partial charge on any atom is 0.266 e. The SMILES string of the molecule is O=c1cccnn1CCCNS(=O)(=O)c1cccc(Cl)c1. The van der Waals surface area contributed by atoms with E-state index in [-0.39, 0.29) is 17.0 Å². The Morgan fingerprint density at radius 3 is 2.76 bits per heavy atom. The molecular formula is C13H14ClN3O3S. The molecule has 1 aromatic heterocycles. The normalized spacial score (nSPS) is 11.5. The Morgan fingerprint density at radius 2 is 2.05 bits per heavy atom. The van der Waals surface area contributed by atoms with Crippen molar-refractivity contribution < 1.29 is 8.42 Å². The zero-order valence-corrected chi connectivity index (χ0v) is 12.6. The molecule has 0 spiro atoms. The molecule has 2 aromatic rings. The summed E-state index contributed by atoms with van der Waals surface area (Å²) in [5, 5.41) is 4.25. The monoisotopic (exact) mass is 327 g/mol. The summed E-state index contributed by atoms with van der Waals surface area (Å²) in [6, 6.07) is 8.99. The van der Waals surface area contributed by atoms with Crippen LogP contribution in [0.5, 0.6) is 0 Å². The molecule has 0 saturated heterocycles. The van der Waals surface area contributed by atoms with E-state index in [0.717, 1.165) is 0 Å². The van der Waals surface area contributed by atoms with Crippen molar-refractivity contribution in [3.8, 4) is 0 Å².